The van der Waals surface area contributed by atoms with Crippen molar-refractivity contribution in [3.63, 3.8) is 0 Å². The minimum atomic E-state index is -0.582. The second kappa shape index (κ2) is 10.5. The Morgan fingerprint density at radius 2 is 1.57 bits per heavy atom. The lowest BCUT2D eigenvalue weighted by atomic mass is 9.94. The van der Waals surface area contributed by atoms with Gasteiger partial charge in [0, 0.05) is 13.0 Å². The zero-order valence-corrected chi connectivity index (χ0v) is 16.2. The fraction of sp³-hybridized carbons (Fsp3) is 0.200. The highest BCUT2D eigenvalue weighted by molar-refractivity contribution is 5.81. The smallest absolute Gasteiger partial charge is 0.119 e. The van der Waals surface area contributed by atoms with Gasteiger partial charge in [-0.15, -0.1) is 0 Å². The molecule has 0 saturated carbocycles. The number of likely N-dealkylation sites (N-methyl/N-ethyl adjacent to an activating group) is 1. The van der Waals surface area contributed by atoms with Crippen LogP contribution in [0.15, 0.2) is 84.9 Å². The van der Waals surface area contributed by atoms with Crippen molar-refractivity contribution in [3.05, 3.63) is 102 Å². The summed E-state index contributed by atoms with van der Waals surface area (Å²) in [6, 6.07) is 28.1. The van der Waals surface area contributed by atoms with Gasteiger partial charge in [0.05, 0.1) is 6.10 Å². The average Bonchev–Trinajstić information content (AvgIpc) is 2.75. The Labute approximate surface area is 167 Å². The Morgan fingerprint density at radius 1 is 0.929 bits per heavy atom. The highest BCUT2D eigenvalue weighted by Gasteiger charge is 2.12. The Morgan fingerprint density at radius 3 is 2.21 bits per heavy atom. The van der Waals surface area contributed by atoms with Gasteiger partial charge in [0.1, 0.15) is 12.4 Å². The predicted molar refractivity (Wildman–Crippen MR) is 116 cm³/mol. The fourth-order valence-electron chi connectivity index (χ4n) is 3.05. The highest BCUT2D eigenvalue weighted by atomic mass is 16.5. The van der Waals surface area contributed by atoms with Gasteiger partial charge in [-0.3, -0.25) is 0 Å². The van der Waals surface area contributed by atoms with Gasteiger partial charge in [-0.1, -0.05) is 78.9 Å². The van der Waals surface area contributed by atoms with Crippen LogP contribution in [0.25, 0.3) is 11.6 Å². The second-order valence-corrected chi connectivity index (χ2v) is 6.69. The molecule has 0 aliphatic rings. The van der Waals surface area contributed by atoms with Crippen LogP contribution in [0.2, 0.25) is 0 Å². The molecule has 0 amide bonds. The van der Waals surface area contributed by atoms with E-state index in [2.05, 4.69) is 35.7 Å². The molecule has 3 aromatic carbocycles. The lowest BCUT2D eigenvalue weighted by Gasteiger charge is -2.15. The monoisotopic (exact) mass is 373 g/mol. The first-order valence-electron chi connectivity index (χ1n) is 9.63. The maximum Gasteiger partial charge on any atom is 0.119 e. The van der Waals surface area contributed by atoms with Crippen LogP contribution in [-0.4, -0.2) is 25.3 Å². The molecule has 0 aliphatic carbocycles. The summed E-state index contributed by atoms with van der Waals surface area (Å²) in [7, 11) is 1.90. The Hall–Kier alpha value is -2.88. The van der Waals surface area contributed by atoms with Gasteiger partial charge in [-0.25, -0.2) is 0 Å². The van der Waals surface area contributed by atoms with Gasteiger partial charge in [0.25, 0.3) is 0 Å². The third-order valence-corrected chi connectivity index (χ3v) is 4.58. The molecular formula is C25H27NO2. The van der Waals surface area contributed by atoms with E-state index < -0.39 is 6.10 Å². The molecule has 0 spiro atoms. The van der Waals surface area contributed by atoms with Gasteiger partial charge in [0.15, 0.2) is 0 Å². The summed E-state index contributed by atoms with van der Waals surface area (Å²) < 4.78 is 5.66. The van der Waals surface area contributed by atoms with Crippen molar-refractivity contribution in [2.24, 2.45) is 0 Å². The summed E-state index contributed by atoms with van der Waals surface area (Å²) in [5.74, 6) is 0.814. The van der Waals surface area contributed by atoms with E-state index in [4.69, 9.17) is 4.74 Å². The van der Waals surface area contributed by atoms with Crippen molar-refractivity contribution in [2.75, 3.05) is 20.2 Å². The summed E-state index contributed by atoms with van der Waals surface area (Å²) >= 11 is 0. The lowest BCUT2D eigenvalue weighted by molar-refractivity contribution is 0.184. The molecule has 28 heavy (non-hydrogen) atoms. The fourth-order valence-corrected chi connectivity index (χ4v) is 3.05. The molecule has 0 bridgehead atoms. The number of aliphatic hydroxyl groups is 1. The minimum Gasteiger partial charge on any atom is -0.492 e. The molecule has 0 radical (unpaired) electrons. The van der Waals surface area contributed by atoms with E-state index in [-0.39, 0.29) is 0 Å². The van der Waals surface area contributed by atoms with Crippen molar-refractivity contribution in [1.82, 2.24) is 5.32 Å². The van der Waals surface area contributed by atoms with E-state index >= 15 is 0 Å². The molecule has 144 valence electrons. The molecule has 0 fully saturated rings. The van der Waals surface area contributed by atoms with Crippen molar-refractivity contribution in [1.29, 1.82) is 0 Å². The predicted octanol–water partition coefficient (Wildman–Crippen LogP) is 4.95. The summed E-state index contributed by atoms with van der Waals surface area (Å²) in [6.07, 6.45) is 2.11. The van der Waals surface area contributed by atoms with Gasteiger partial charge in [0.2, 0.25) is 0 Å². The molecule has 0 heterocycles. The molecule has 1 atom stereocenters. The van der Waals surface area contributed by atoms with Crippen molar-refractivity contribution < 1.29 is 9.84 Å². The molecule has 0 aromatic heterocycles. The van der Waals surface area contributed by atoms with Gasteiger partial charge < -0.3 is 15.2 Å². The van der Waals surface area contributed by atoms with Crippen molar-refractivity contribution in [3.8, 4) is 5.75 Å². The number of rotatable bonds is 9. The number of hydrogen-bond acceptors (Lipinski definition) is 3. The van der Waals surface area contributed by atoms with Crippen LogP contribution >= 0.6 is 0 Å². The molecule has 3 rings (SSSR count). The minimum absolute atomic E-state index is 0.541. The zero-order chi connectivity index (χ0) is 19.6. The van der Waals surface area contributed by atoms with E-state index in [1.807, 2.05) is 67.7 Å². The SMILES string of the molecule is CNCCOc1ccc(C(O)CC(=Cc2ccccc2)c2ccccc2)cc1. The quantitative estimate of drug-likeness (QED) is 0.412. The molecule has 0 aliphatic heterocycles. The topological polar surface area (TPSA) is 41.5 Å². The van der Waals surface area contributed by atoms with E-state index in [1.54, 1.807) is 0 Å². The summed E-state index contributed by atoms with van der Waals surface area (Å²) in [5.41, 5.74) is 4.24. The number of nitrogens with one attached hydrogen (secondary N) is 1. The van der Waals surface area contributed by atoms with Gasteiger partial charge in [-0.2, -0.15) is 0 Å². The van der Waals surface area contributed by atoms with Gasteiger partial charge >= 0.3 is 0 Å². The van der Waals surface area contributed by atoms with E-state index in [0.29, 0.717) is 13.0 Å². The van der Waals surface area contributed by atoms with Crippen LogP contribution in [0, 0.1) is 0 Å². The number of benzene rings is 3. The molecule has 3 aromatic rings. The van der Waals surface area contributed by atoms with Crippen LogP contribution in [-0.2, 0) is 0 Å². The lowest BCUT2D eigenvalue weighted by Crippen LogP contribution is -2.15. The zero-order valence-electron chi connectivity index (χ0n) is 16.2. The van der Waals surface area contributed by atoms with Crippen LogP contribution in [0.4, 0.5) is 0 Å². The van der Waals surface area contributed by atoms with Crippen molar-refractivity contribution >= 4 is 11.6 Å². The maximum absolute atomic E-state index is 10.8. The first-order valence-corrected chi connectivity index (χ1v) is 9.63. The first-order chi connectivity index (χ1) is 13.8. The molecule has 1 unspecified atom stereocenters. The normalized spacial score (nSPS) is 12.6. The molecule has 0 saturated heterocycles. The first kappa shape index (κ1) is 19.9. The number of hydrogen-bond donors (Lipinski definition) is 2. The largest absolute Gasteiger partial charge is 0.492 e. The third kappa shape index (κ3) is 5.81. The van der Waals surface area contributed by atoms with Crippen LogP contribution in [0.5, 0.6) is 5.75 Å². The number of ether oxygens (including phenoxy) is 1. The summed E-state index contributed by atoms with van der Waals surface area (Å²) in [4.78, 5) is 0. The molecule has 2 N–H and O–H groups in total. The van der Waals surface area contributed by atoms with Crippen LogP contribution < -0.4 is 10.1 Å². The molecule has 3 heteroatoms. The standard InChI is InChI=1S/C25H27NO2/c1-26-16-17-28-24-14-12-22(13-15-24)25(27)19-23(21-10-6-3-7-11-21)18-20-8-4-2-5-9-20/h2-15,18,25-27H,16-17,19H2,1H3. The highest BCUT2D eigenvalue weighted by Crippen LogP contribution is 2.30. The molecular weight excluding hydrogens is 346 g/mol. The molecule has 3 nitrogen and oxygen atoms in total. The Balaban J connectivity index is 1.76. The second-order valence-electron chi connectivity index (χ2n) is 6.69. The van der Waals surface area contributed by atoms with Crippen molar-refractivity contribution in [2.45, 2.75) is 12.5 Å². The summed E-state index contributed by atoms with van der Waals surface area (Å²) in [5, 5.41) is 13.9. The Kier molecular flexibility index (Phi) is 7.42. The average molecular weight is 373 g/mol. The Bertz CT molecular complexity index is 858. The van der Waals surface area contributed by atoms with E-state index in [0.717, 1.165) is 34.6 Å². The maximum atomic E-state index is 10.8. The summed E-state index contributed by atoms with van der Waals surface area (Å²) in [6.45, 7) is 1.42. The van der Waals surface area contributed by atoms with Crippen LogP contribution in [0.3, 0.4) is 0 Å². The van der Waals surface area contributed by atoms with E-state index in [9.17, 15) is 5.11 Å². The number of aliphatic hydroxyl groups excluding tert-OH is 1. The van der Waals surface area contributed by atoms with Gasteiger partial charge in [-0.05, 0) is 41.4 Å². The van der Waals surface area contributed by atoms with E-state index in [1.165, 1.54) is 0 Å². The van der Waals surface area contributed by atoms with Crippen LogP contribution in [0.1, 0.15) is 29.2 Å². The third-order valence-electron chi connectivity index (χ3n) is 4.58.